The van der Waals surface area contributed by atoms with Gasteiger partial charge < -0.3 is 19.1 Å². The van der Waals surface area contributed by atoms with Crippen LogP contribution < -0.4 is 10.3 Å². The van der Waals surface area contributed by atoms with E-state index in [4.69, 9.17) is 21.1 Å². The smallest absolute Gasteiger partial charge is 0.341 e. The summed E-state index contributed by atoms with van der Waals surface area (Å²) in [6, 6.07) is 4.00. The van der Waals surface area contributed by atoms with Crippen LogP contribution in [-0.2, 0) is 14.6 Å². The zero-order chi connectivity index (χ0) is 22.8. The number of carbonyl (C=O) groups is 1. The molecule has 1 saturated carbocycles. The summed E-state index contributed by atoms with van der Waals surface area (Å²) in [4.78, 5) is 24.8. The number of hydrogen-bond donors (Lipinski definition) is 1. The van der Waals surface area contributed by atoms with Gasteiger partial charge in [-0.3, -0.25) is 4.79 Å². The summed E-state index contributed by atoms with van der Waals surface area (Å²) >= 11 is 6.51. The Morgan fingerprint density at radius 2 is 1.88 bits per heavy atom. The quantitative estimate of drug-likeness (QED) is 0.712. The average molecular weight is 480 g/mol. The Morgan fingerprint density at radius 3 is 2.50 bits per heavy atom. The van der Waals surface area contributed by atoms with E-state index >= 15 is 0 Å². The van der Waals surface area contributed by atoms with Gasteiger partial charge in [-0.2, -0.15) is 0 Å². The zero-order valence-corrected chi connectivity index (χ0v) is 18.9. The zero-order valence-electron chi connectivity index (χ0n) is 17.3. The normalized spacial score (nSPS) is 22.1. The molecule has 1 aromatic heterocycles. The van der Waals surface area contributed by atoms with Crippen LogP contribution in [0.25, 0.3) is 11.3 Å². The van der Waals surface area contributed by atoms with Crippen LogP contribution in [0.5, 0.6) is 5.75 Å². The van der Waals surface area contributed by atoms with Crippen LogP contribution in [0.2, 0.25) is 5.02 Å². The standard InChI is InChI=1S/C22H22ClNO7S/c1-11-14-8-16(22(26)27)21(25)24(12-2-3-12)20(14)15-9-17(23)18(10-19(15)32(11,28)29)31-13-4-6-30-7-5-13/h8-13H,2-7H2,1H3,(H,26,27). The van der Waals surface area contributed by atoms with Crippen molar-refractivity contribution in [3.8, 4) is 17.0 Å². The number of aromatic nitrogens is 1. The van der Waals surface area contributed by atoms with Gasteiger partial charge in [0.15, 0.2) is 9.84 Å². The van der Waals surface area contributed by atoms with Gasteiger partial charge >= 0.3 is 5.97 Å². The predicted octanol–water partition coefficient (Wildman–Crippen LogP) is 3.61. The summed E-state index contributed by atoms with van der Waals surface area (Å²) in [5.41, 5.74) is -0.0140. The van der Waals surface area contributed by atoms with E-state index in [1.165, 1.54) is 29.7 Å². The van der Waals surface area contributed by atoms with Crippen molar-refractivity contribution < 1.29 is 27.8 Å². The van der Waals surface area contributed by atoms with Gasteiger partial charge in [0, 0.05) is 30.5 Å². The van der Waals surface area contributed by atoms with Crippen molar-refractivity contribution in [2.24, 2.45) is 0 Å². The third kappa shape index (κ3) is 3.34. The summed E-state index contributed by atoms with van der Waals surface area (Å²) in [6.07, 6.45) is 2.69. The first-order valence-electron chi connectivity index (χ1n) is 10.5. The van der Waals surface area contributed by atoms with Gasteiger partial charge in [-0.15, -0.1) is 0 Å². The molecule has 32 heavy (non-hydrogen) atoms. The Labute approximate surface area is 189 Å². The summed E-state index contributed by atoms with van der Waals surface area (Å²) in [6.45, 7) is 2.64. The lowest BCUT2D eigenvalue weighted by Gasteiger charge is -2.30. The molecule has 170 valence electrons. The number of rotatable bonds is 4. The number of fused-ring (bicyclic) bond motifs is 3. The third-order valence-electron chi connectivity index (χ3n) is 6.37. The van der Waals surface area contributed by atoms with Crippen LogP contribution in [0.3, 0.4) is 0 Å². The number of ether oxygens (including phenoxy) is 2. The summed E-state index contributed by atoms with van der Waals surface area (Å²) in [7, 11) is -3.86. The van der Waals surface area contributed by atoms with Crippen molar-refractivity contribution in [1.82, 2.24) is 4.57 Å². The van der Waals surface area contributed by atoms with E-state index in [1.807, 2.05) is 0 Å². The second kappa shape index (κ2) is 7.60. The Hall–Kier alpha value is -2.36. The van der Waals surface area contributed by atoms with Gasteiger partial charge in [-0.05, 0) is 37.5 Å². The monoisotopic (exact) mass is 479 g/mol. The molecule has 0 amide bonds. The van der Waals surface area contributed by atoms with Crippen LogP contribution in [-0.4, -0.2) is 43.4 Å². The molecular weight excluding hydrogens is 458 g/mol. The maximum absolute atomic E-state index is 13.4. The molecule has 1 saturated heterocycles. The number of pyridine rings is 1. The van der Waals surface area contributed by atoms with Gasteiger partial charge in [0.1, 0.15) is 17.4 Å². The molecule has 0 bridgehead atoms. The molecule has 2 aromatic rings. The number of hydrogen-bond acceptors (Lipinski definition) is 6. The minimum Gasteiger partial charge on any atom is -0.489 e. The minimum atomic E-state index is -3.86. The lowest BCUT2D eigenvalue weighted by atomic mass is 9.99. The minimum absolute atomic E-state index is 0.0424. The van der Waals surface area contributed by atoms with E-state index in [9.17, 15) is 23.1 Å². The maximum atomic E-state index is 13.4. The molecule has 1 atom stereocenters. The van der Waals surface area contributed by atoms with Crippen LogP contribution >= 0.6 is 11.6 Å². The number of nitrogens with zero attached hydrogens (tertiary/aromatic N) is 1. The fraction of sp³-hybridized carbons (Fsp3) is 0.455. The predicted molar refractivity (Wildman–Crippen MR) is 116 cm³/mol. The van der Waals surface area contributed by atoms with E-state index in [0.29, 0.717) is 42.9 Å². The number of sulfone groups is 1. The molecule has 1 aromatic carbocycles. The second-order valence-corrected chi connectivity index (χ2v) is 11.1. The average Bonchev–Trinajstić information content (AvgIpc) is 3.58. The fourth-order valence-electron chi connectivity index (χ4n) is 4.46. The van der Waals surface area contributed by atoms with Gasteiger partial charge in [-0.1, -0.05) is 11.6 Å². The Morgan fingerprint density at radius 1 is 1.19 bits per heavy atom. The summed E-state index contributed by atoms with van der Waals surface area (Å²) < 4.78 is 39.7. The molecule has 1 aliphatic carbocycles. The highest BCUT2D eigenvalue weighted by Gasteiger charge is 2.41. The Kier molecular flexibility index (Phi) is 5.11. The molecule has 1 unspecified atom stereocenters. The fourth-order valence-corrected chi connectivity index (χ4v) is 6.30. The summed E-state index contributed by atoms with van der Waals surface area (Å²) in [5.74, 6) is -1.10. The van der Waals surface area contributed by atoms with Crippen molar-refractivity contribution in [1.29, 1.82) is 0 Å². The van der Waals surface area contributed by atoms with Crippen LogP contribution in [0.4, 0.5) is 0 Å². The molecule has 10 heteroatoms. The first kappa shape index (κ1) is 21.5. The molecule has 0 spiro atoms. The van der Waals surface area contributed by atoms with Gasteiger partial charge in [0.05, 0.1) is 34.1 Å². The van der Waals surface area contributed by atoms with E-state index in [2.05, 4.69) is 0 Å². The molecule has 3 aliphatic rings. The largest absolute Gasteiger partial charge is 0.489 e. The molecular formula is C22H22ClNO7S. The highest BCUT2D eigenvalue weighted by Crippen LogP contribution is 2.50. The number of carboxylic acid groups (broad SMARTS) is 1. The van der Waals surface area contributed by atoms with Gasteiger partial charge in [0.25, 0.3) is 5.56 Å². The second-order valence-electron chi connectivity index (χ2n) is 8.47. The highest BCUT2D eigenvalue weighted by molar-refractivity contribution is 7.92. The van der Waals surface area contributed by atoms with Gasteiger partial charge in [-0.25, -0.2) is 13.2 Å². The number of aromatic carboxylic acids is 1. The number of carboxylic acids is 1. The third-order valence-corrected chi connectivity index (χ3v) is 8.80. The van der Waals surface area contributed by atoms with Crippen molar-refractivity contribution in [2.75, 3.05) is 13.2 Å². The van der Waals surface area contributed by atoms with Crippen molar-refractivity contribution >= 4 is 27.4 Å². The molecule has 0 radical (unpaired) electrons. The van der Waals surface area contributed by atoms with Crippen molar-refractivity contribution in [3.05, 3.63) is 44.7 Å². The molecule has 1 N–H and O–H groups in total. The Bertz CT molecular complexity index is 1290. The first-order chi connectivity index (χ1) is 15.2. The molecule has 2 fully saturated rings. The van der Waals surface area contributed by atoms with E-state index < -0.39 is 32.2 Å². The van der Waals surface area contributed by atoms with E-state index in [1.54, 1.807) is 0 Å². The Balaban J connectivity index is 1.74. The first-order valence-corrected chi connectivity index (χ1v) is 12.5. The molecule has 8 nitrogen and oxygen atoms in total. The highest BCUT2D eigenvalue weighted by atomic mass is 35.5. The van der Waals surface area contributed by atoms with Crippen LogP contribution in [0, 0.1) is 0 Å². The molecule has 3 heterocycles. The molecule has 5 rings (SSSR count). The number of halogens is 1. The lowest BCUT2D eigenvalue weighted by molar-refractivity contribution is 0.0255. The van der Waals surface area contributed by atoms with Crippen molar-refractivity contribution in [3.63, 3.8) is 0 Å². The number of benzene rings is 1. The van der Waals surface area contributed by atoms with E-state index in [0.717, 1.165) is 12.8 Å². The summed E-state index contributed by atoms with van der Waals surface area (Å²) in [5, 5.41) is 8.75. The topological polar surface area (TPSA) is 112 Å². The van der Waals surface area contributed by atoms with Crippen LogP contribution in [0.15, 0.2) is 27.9 Å². The van der Waals surface area contributed by atoms with Crippen LogP contribution in [0.1, 0.15) is 59.8 Å². The molecule has 2 aliphatic heterocycles. The SMILES string of the molecule is CC1c2cc(C(=O)O)c(=O)n(C3CC3)c2-c2cc(Cl)c(OC3CCOCC3)cc2S1(=O)=O. The van der Waals surface area contributed by atoms with E-state index in [-0.39, 0.29) is 27.8 Å². The maximum Gasteiger partial charge on any atom is 0.341 e. The lowest BCUT2D eigenvalue weighted by Crippen LogP contribution is -2.32. The van der Waals surface area contributed by atoms with Gasteiger partial charge in [0.2, 0.25) is 0 Å². The van der Waals surface area contributed by atoms with Crippen molar-refractivity contribution in [2.45, 2.75) is 54.9 Å².